The van der Waals surface area contributed by atoms with Gasteiger partial charge in [0.25, 0.3) is 10.0 Å². The van der Waals surface area contributed by atoms with Gasteiger partial charge in [0.2, 0.25) is 11.8 Å². The first-order valence-electron chi connectivity index (χ1n) is 16.9. The van der Waals surface area contributed by atoms with Crippen molar-refractivity contribution < 1.29 is 13.2 Å². The average Bonchev–Trinajstić information content (AvgIpc) is 2.96. The summed E-state index contributed by atoms with van der Waals surface area (Å²) in [6.45, 7) is 16.2. The third-order valence-corrected chi connectivity index (χ3v) is 12.1. The third-order valence-electron chi connectivity index (χ3n) is 10.8. The zero-order valence-corrected chi connectivity index (χ0v) is 28.7. The number of sulfonamides is 1. The van der Waals surface area contributed by atoms with Crippen LogP contribution in [-0.4, -0.2) is 49.0 Å². The van der Waals surface area contributed by atoms with Crippen LogP contribution in [-0.2, 0) is 16.4 Å². The van der Waals surface area contributed by atoms with E-state index in [0.29, 0.717) is 53.3 Å². The van der Waals surface area contributed by atoms with Crippen molar-refractivity contribution in [3.8, 4) is 17.1 Å². The van der Waals surface area contributed by atoms with E-state index in [9.17, 15) is 8.42 Å². The summed E-state index contributed by atoms with van der Waals surface area (Å²) < 4.78 is 36.6. The molecular formula is C37H50N4O3S. The van der Waals surface area contributed by atoms with E-state index in [1.807, 2.05) is 50.2 Å². The molecule has 1 unspecified atom stereocenters. The SMILES string of the molecule is Cc1cccc(C)c1-c1cc2nc(n1)NS(=O)(=O)c1cccc(c1)CC(C1CC3(CCN(C(C)C)CC3)C1)[C@H](CC(C)C)CO2. The number of hydrogen-bond acceptors (Lipinski definition) is 6. The van der Waals surface area contributed by atoms with E-state index in [2.05, 4.69) is 48.4 Å². The molecule has 1 saturated heterocycles. The van der Waals surface area contributed by atoms with Crippen LogP contribution >= 0.6 is 0 Å². The fourth-order valence-corrected chi connectivity index (χ4v) is 9.36. The van der Waals surface area contributed by atoms with Crippen molar-refractivity contribution in [3.63, 3.8) is 0 Å². The number of nitrogens with zero attached hydrogens (tertiary/aromatic N) is 3. The van der Waals surface area contributed by atoms with Gasteiger partial charge in [0.1, 0.15) is 0 Å². The number of aryl methyl sites for hydroxylation is 2. The van der Waals surface area contributed by atoms with E-state index in [-0.39, 0.29) is 10.8 Å². The highest BCUT2D eigenvalue weighted by molar-refractivity contribution is 7.92. The smallest absolute Gasteiger partial charge is 0.264 e. The minimum absolute atomic E-state index is 0.0282. The Morgan fingerprint density at radius 1 is 0.978 bits per heavy atom. The van der Waals surface area contributed by atoms with Gasteiger partial charge in [-0.3, -0.25) is 0 Å². The lowest BCUT2D eigenvalue weighted by Gasteiger charge is -2.56. The molecule has 7 nitrogen and oxygen atoms in total. The number of hydrogen-bond donors (Lipinski definition) is 1. The maximum Gasteiger partial charge on any atom is 0.264 e. The summed E-state index contributed by atoms with van der Waals surface area (Å²) >= 11 is 0. The monoisotopic (exact) mass is 630 g/mol. The maximum atomic E-state index is 13.7. The van der Waals surface area contributed by atoms with Gasteiger partial charge in [0.15, 0.2) is 0 Å². The van der Waals surface area contributed by atoms with E-state index < -0.39 is 10.0 Å². The molecule has 8 heteroatoms. The molecule has 2 aliphatic heterocycles. The number of ether oxygens (including phenoxy) is 1. The van der Waals surface area contributed by atoms with Gasteiger partial charge in [-0.2, -0.15) is 4.98 Å². The Morgan fingerprint density at radius 2 is 1.67 bits per heavy atom. The lowest BCUT2D eigenvalue weighted by atomic mass is 9.52. The van der Waals surface area contributed by atoms with Crippen LogP contribution in [0.1, 0.15) is 76.5 Å². The predicted molar refractivity (Wildman–Crippen MR) is 181 cm³/mol. The maximum absolute atomic E-state index is 13.7. The minimum atomic E-state index is -3.91. The molecule has 2 atom stereocenters. The zero-order valence-electron chi connectivity index (χ0n) is 27.8. The van der Waals surface area contributed by atoms with Crippen LogP contribution in [0, 0.1) is 42.9 Å². The number of anilines is 1. The van der Waals surface area contributed by atoms with Crippen LogP contribution in [0.2, 0.25) is 0 Å². The highest BCUT2D eigenvalue weighted by Gasteiger charge is 2.49. The van der Waals surface area contributed by atoms with Crippen LogP contribution in [0.5, 0.6) is 5.88 Å². The Balaban J connectivity index is 1.37. The topological polar surface area (TPSA) is 84.4 Å². The van der Waals surface area contributed by atoms with Gasteiger partial charge in [0, 0.05) is 17.7 Å². The molecule has 3 aliphatic rings. The summed E-state index contributed by atoms with van der Waals surface area (Å²) in [6.07, 6.45) is 6.97. The van der Waals surface area contributed by atoms with Crippen molar-refractivity contribution in [2.24, 2.45) is 29.1 Å². The quantitative estimate of drug-likeness (QED) is 0.311. The van der Waals surface area contributed by atoms with E-state index in [4.69, 9.17) is 9.72 Å². The molecule has 1 spiro atoms. The Kier molecular flexibility index (Phi) is 9.01. The number of fused-ring (bicyclic) bond motifs is 4. The van der Waals surface area contributed by atoms with E-state index in [1.165, 1.54) is 38.8 Å². The van der Waals surface area contributed by atoms with E-state index >= 15 is 0 Å². The van der Waals surface area contributed by atoms with E-state index in [1.54, 1.807) is 6.07 Å². The summed E-state index contributed by atoms with van der Waals surface area (Å²) in [5.74, 6) is 2.26. The Labute approximate surface area is 270 Å². The first kappa shape index (κ1) is 32.0. The summed E-state index contributed by atoms with van der Waals surface area (Å²) in [6, 6.07) is 16.1. The third kappa shape index (κ3) is 6.92. The number of aromatic nitrogens is 2. The van der Waals surface area contributed by atoms with Crippen LogP contribution in [0.4, 0.5) is 5.95 Å². The van der Waals surface area contributed by atoms with Gasteiger partial charge in [-0.15, -0.1) is 0 Å². The van der Waals surface area contributed by atoms with Crippen molar-refractivity contribution >= 4 is 16.0 Å². The molecule has 242 valence electrons. The molecule has 45 heavy (non-hydrogen) atoms. The second-order valence-corrected chi connectivity index (χ2v) is 16.5. The summed E-state index contributed by atoms with van der Waals surface area (Å²) in [7, 11) is -3.91. The van der Waals surface area contributed by atoms with Crippen molar-refractivity contribution in [2.75, 3.05) is 24.4 Å². The van der Waals surface area contributed by atoms with Crippen LogP contribution < -0.4 is 9.46 Å². The number of rotatable bonds is 5. The van der Waals surface area contributed by atoms with Crippen molar-refractivity contribution in [2.45, 2.75) is 91.0 Å². The number of benzene rings is 2. The molecule has 0 amide bonds. The number of likely N-dealkylation sites (tertiary alicyclic amines) is 1. The average molecular weight is 631 g/mol. The summed E-state index contributed by atoms with van der Waals surface area (Å²) in [5.41, 5.74) is 5.27. The largest absolute Gasteiger partial charge is 0.477 e. The van der Waals surface area contributed by atoms with Gasteiger partial charge in [-0.1, -0.05) is 44.2 Å². The van der Waals surface area contributed by atoms with Crippen molar-refractivity contribution in [1.29, 1.82) is 0 Å². The van der Waals surface area contributed by atoms with Gasteiger partial charge >= 0.3 is 0 Å². The number of nitrogens with one attached hydrogen (secondary N) is 1. The van der Waals surface area contributed by atoms with Crippen molar-refractivity contribution in [3.05, 3.63) is 65.2 Å². The second-order valence-electron chi connectivity index (χ2n) is 14.8. The number of piperidine rings is 1. The molecule has 1 N–H and O–H groups in total. The zero-order chi connectivity index (χ0) is 31.9. The highest BCUT2D eigenvalue weighted by atomic mass is 32.2. The van der Waals surface area contributed by atoms with Crippen LogP contribution in [0.25, 0.3) is 11.3 Å². The molecule has 1 aromatic heterocycles. The second kappa shape index (κ2) is 12.7. The fraction of sp³-hybridized carbons (Fsp3) is 0.568. The van der Waals surface area contributed by atoms with Gasteiger partial charge in [-0.05, 0) is 137 Å². The Bertz CT molecular complexity index is 1600. The molecule has 1 aliphatic carbocycles. The Hall–Kier alpha value is -2.97. The molecule has 6 rings (SSSR count). The molecule has 2 aromatic carbocycles. The van der Waals surface area contributed by atoms with E-state index in [0.717, 1.165) is 35.1 Å². The highest BCUT2D eigenvalue weighted by Crippen LogP contribution is 2.57. The molecule has 4 bridgehead atoms. The standard InChI is InChI=1S/C37H50N4O3S/c1-24(2)17-29-23-44-34-20-33(35-26(5)9-7-10-27(35)6)38-36(39-34)40-45(42,43)31-12-8-11-28(18-31)19-32(29)30-21-37(22-30)13-15-41(16-14-37)25(3)4/h7-12,18,20,24-25,29-30,32H,13-17,19,21-23H2,1-6H3,(H,38,39,40)/t29-,32?/m1/s1. The van der Waals surface area contributed by atoms with Gasteiger partial charge in [-0.25, -0.2) is 18.1 Å². The van der Waals surface area contributed by atoms with Crippen molar-refractivity contribution in [1.82, 2.24) is 14.9 Å². The lowest BCUT2D eigenvalue weighted by Crippen LogP contribution is -2.51. The fourth-order valence-electron chi connectivity index (χ4n) is 8.34. The normalized spacial score (nSPS) is 23.4. The minimum Gasteiger partial charge on any atom is -0.477 e. The molecule has 1 saturated carbocycles. The first-order valence-corrected chi connectivity index (χ1v) is 18.3. The lowest BCUT2D eigenvalue weighted by molar-refractivity contribution is -0.0592. The molecular weight excluding hydrogens is 580 g/mol. The summed E-state index contributed by atoms with van der Waals surface area (Å²) in [5, 5.41) is 0. The molecule has 0 radical (unpaired) electrons. The summed E-state index contributed by atoms with van der Waals surface area (Å²) in [4.78, 5) is 12.2. The first-order chi connectivity index (χ1) is 21.4. The predicted octanol–water partition coefficient (Wildman–Crippen LogP) is 7.68. The van der Waals surface area contributed by atoms with Crippen LogP contribution in [0.3, 0.4) is 0 Å². The van der Waals surface area contributed by atoms with Gasteiger partial charge in [0.05, 0.1) is 17.2 Å². The van der Waals surface area contributed by atoms with Crippen LogP contribution in [0.15, 0.2) is 53.4 Å². The molecule has 2 fully saturated rings. The Morgan fingerprint density at radius 3 is 2.33 bits per heavy atom. The molecule has 3 aromatic rings. The van der Waals surface area contributed by atoms with Gasteiger partial charge < -0.3 is 9.64 Å². The molecule has 3 heterocycles.